The van der Waals surface area contributed by atoms with Crippen LogP contribution < -0.4 is 10.6 Å². The highest BCUT2D eigenvalue weighted by atomic mass is 16.4. The van der Waals surface area contributed by atoms with Crippen molar-refractivity contribution in [3.8, 4) is 11.1 Å². The lowest BCUT2D eigenvalue weighted by molar-refractivity contribution is 0.405. The summed E-state index contributed by atoms with van der Waals surface area (Å²) < 4.78 is 15.3. The molecule has 0 aliphatic carbocycles. The Morgan fingerprint density at radius 2 is 1.10 bits per heavy atom. The van der Waals surface area contributed by atoms with Gasteiger partial charge in [0.1, 0.15) is 23.5 Å². The number of nitrogens with zero attached hydrogens (tertiary/aromatic N) is 2. The van der Waals surface area contributed by atoms with Crippen molar-refractivity contribution in [3.05, 3.63) is 169 Å². The Balaban J connectivity index is 1.10. The fourth-order valence-electron chi connectivity index (χ4n) is 7.96. The van der Waals surface area contributed by atoms with Crippen LogP contribution in [-0.4, -0.2) is 10.5 Å². The van der Waals surface area contributed by atoms with Gasteiger partial charge in [0.25, 0.3) is 0 Å². The van der Waals surface area contributed by atoms with Gasteiger partial charge < -0.3 is 14.2 Å². The van der Waals surface area contributed by atoms with E-state index in [1.165, 1.54) is 21.9 Å². The van der Waals surface area contributed by atoms with Crippen molar-refractivity contribution in [2.75, 3.05) is 0 Å². The summed E-state index contributed by atoms with van der Waals surface area (Å²) in [6.07, 6.45) is -0.626. The van der Waals surface area contributed by atoms with Gasteiger partial charge in [-0.2, -0.15) is 0 Å². The van der Waals surface area contributed by atoms with Gasteiger partial charge in [0.05, 0.1) is 11.0 Å². The molecule has 2 atom stereocenters. The third-order valence-corrected chi connectivity index (χ3v) is 10.3. The highest BCUT2D eigenvalue weighted by molar-refractivity contribution is 6.19. The number of benzene rings is 7. The topological polar surface area (TPSA) is 67.6 Å². The number of rotatable bonds is 3. The molecule has 0 amide bonds. The molecule has 6 nitrogen and oxygen atoms in total. The van der Waals surface area contributed by atoms with Crippen LogP contribution in [0.2, 0.25) is 0 Å². The van der Waals surface area contributed by atoms with E-state index in [0.29, 0.717) is 0 Å². The first-order valence-corrected chi connectivity index (χ1v) is 17.3. The maximum atomic E-state index is 6.62. The minimum atomic E-state index is -0.327. The number of hydrogen-bond donors (Lipinski definition) is 2. The van der Waals surface area contributed by atoms with E-state index in [2.05, 4.69) is 143 Å². The molecule has 242 valence electrons. The minimum absolute atomic E-state index is 0.299. The van der Waals surface area contributed by atoms with Crippen molar-refractivity contribution in [2.24, 2.45) is 4.99 Å². The van der Waals surface area contributed by atoms with Crippen LogP contribution in [0.15, 0.2) is 172 Å². The third-order valence-electron chi connectivity index (χ3n) is 10.3. The quantitative estimate of drug-likeness (QED) is 0.198. The van der Waals surface area contributed by atoms with Crippen LogP contribution in [0.1, 0.15) is 23.5 Å². The van der Waals surface area contributed by atoms with Gasteiger partial charge in [-0.1, -0.05) is 121 Å². The molecule has 1 aliphatic heterocycles. The molecular weight excluding hydrogens is 629 g/mol. The Kier molecular flexibility index (Phi) is 6.05. The number of furan rings is 2. The Hall–Kier alpha value is -6.63. The molecule has 6 heteroatoms. The molecule has 0 saturated heterocycles. The molecule has 3 aromatic heterocycles. The maximum absolute atomic E-state index is 6.62. The van der Waals surface area contributed by atoms with Crippen LogP contribution in [0.5, 0.6) is 0 Å². The predicted molar refractivity (Wildman–Crippen MR) is 207 cm³/mol. The van der Waals surface area contributed by atoms with E-state index in [9.17, 15) is 0 Å². The summed E-state index contributed by atoms with van der Waals surface area (Å²) in [4.78, 5) is 5.39. The molecule has 4 heterocycles. The fraction of sp³-hybridized carbons (Fsp3) is 0.0444. The largest absolute Gasteiger partial charge is 0.452 e. The summed E-state index contributed by atoms with van der Waals surface area (Å²) in [5.41, 5.74) is 9.89. The molecule has 2 unspecified atom stereocenters. The highest BCUT2D eigenvalue weighted by Gasteiger charge is 2.30. The van der Waals surface area contributed by atoms with Gasteiger partial charge in [0.2, 0.25) is 5.96 Å². The predicted octanol–water partition coefficient (Wildman–Crippen LogP) is 11.1. The van der Waals surface area contributed by atoms with Gasteiger partial charge in [0, 0.05) is 37.9 Å². The Labute approximate surface area is 292 Å². The standard InChI is InChI=1S/C45H30N4O2/c1-2-11-27(12-3-1)28-21-23-29(24-22-28)43-46-44(48-45(47-43)49-36-17-7-4-13-30(36)31-14-5-8-18-37(31)49)35-16-10-20-39-40(35)34-26-25-33-32-15-6-9-19-38(32)50-41(33)42(34)51-39/h1-26,43-44,46H,(H,47,48). The first kappa shape index (κ1) is 28.2. The third kappa shape index (κ3) is 4.30. The van der Waals surface area contributed by atoms with Crippen LogP contribution >= 0.6 is 0 Å². The van der Waals surface area contributed by atoms with Crippen molar-refractivity contribution in [3.63, 3.8) is 0 Å². The van der Waals surface area contributed by atoms with Crippen LogP contribution in [-0.2, 0) is 0 Å². The molecule has 1 aliphatic rings. The van der Waals surface area contributed by atoms with Crippen molar-refractivity contribution < 1.29 is 8.83 Å². The number of aliphatic imine (C=N–C) groups is 1. The molecule has 0 bridgehead atoms. The van der Waals surface area contributed by atoms with Crippen LogP contribution in [0.25, 0.3) is 76.8 Å². The average Bonchev–Trinajstić information content (AvgIpc) is 3.88. The monoisotopic (exact) mass is 658 g/mol. The molecule has 0 spiro atoms. The van der Waals surface area contributed by atoms with E-state index >= 15 is 0 Å². The zero-order valence-corrected chi connectivity index (χ0v) is 27.4. The second-order valence-corrected chi connectivity index (χ2v) is 13.2. The number of aromatic nitrogens is 1. The number of nitrogens with one attached hydrogen (secondary N) is 2. The van der Waals surface area contributed by atoms with E-state index in [-0.39, 0.29) is 12.3 Å². The van der Waals surface area contributed by atoms with Crippen molar-refractivity contribution >= 4 is 71.6 Å². The maximum Gasteiger partial charge on any atom is 0.206 e. The molecule has 51 heavy (non-hydrogen) atoms. The normalized spacial score (nSPS) is 16.4. The fourth-order valence-corrected chi connectivity index (χ4v) is 7.96. The molecule has 2 N–H and O–H groups in total. The number of fused-ring (bicyclic) bond motifs is 10. The highest BCUT2D eigenvalue weighted by Crippen LogP contribution is 2.41. The molecule has 7 aromatic carbocycles. The molecule has 10 aromatic rings. The summed E-state index contributed by atoms with van der Waals surface area (Å²) in [5.74, 6) is 0.776. The summed E-state index contributed by atoms with van der Waals surface area (Å²) in [7, 11) is 0. The lowest BCUT2D eigenvalue weighted by atomic mass is 10.0. The lowest BCUT2D eigenvalue weighted by Gasteiger charge is -2.33. The van der Waals surface area contributed by atoms with Gasteiger partial charge in [0.15, 0.2) is 11.2 Å². The van der Waals surface area contributed by atoms with Crippen molar-refractivity contribution in [1.29, 1.82) is 0 Å². The summed E-state index contributed by atoms with van der Waals surface area (Å²) in [6, 6.07) is 55.0. The summed E-state index contributed by atoms with van der Waals surface area (Å²) in [6.45, 7) is 0. The molecule has 11 rings (SSSR count). The Morgan fingerprint density at radius 1 is 0.490 bits per heavy atom. The van der Waals surface area contributed by atoms with Gasteiger partial charge in [-0.05, 0) is 53.1 Å². The van der Waals surface area contributed by atoms with Crippen LogP contribution in [0, 0.1) is 0 Å². The molecule has 0 saturated carbocycles. The average molecular weight is 659 g/mol. The summed E-state index contributed by atoms with van der Waals surface area (Å²) >= 11 is 0. The lowest BCUT2D eigenvalue weighted by Crippen LogP contribution is -2.47. The Morgan fingerprint density at radius 3 is 1.88 bits per heavy atom. The van der Waals surface area contributed by atoms with E-state index in [0.717, 1.165) is 72.0 Å². The van der Waals surface area contributed by atoms with E-state index < -0.39 is 0 Å². The second-order valence-electron chi connectivity index (χ2n) is 13.2. The minimum Gasteiger partial charge on any atom is -0.452 e. The van der Waals surface area contributed by atoms with Gasteiger partial charge in [-0.3, -0.25) is 9.88 Å². The van der Waals surface area contributed by atoms with Gasteiger partial charge in [-0.25, -0.2) is 4.99 Å². The second kappa shape index (κ2) is 10.9. The smallest absolute Gasteiger partial charge is 0.206 e. The van der Waals surface area contributed by atoms with Gasteiger partial charge in [-0.15, -0.1) is 0 Å². The SMILES string of the molecule is c1ccc(-c2ccc(C3N=C(n4c5ccccc5c5ccccc54)NC(c4cccc5oc6c(ccc7c8ccccc8oc76)c45)N3)cc2)cc1. The van der Waals surface area contributed by atoms with Crippen LogP contribution in [0.3, 0.4) is 0 Å². The number of hydrogen-bond acceptors (Lipinski definition) is 5. The Bertz CT molecular complexity index is 2930. The van der Waals surface area contributed by atoms with E-state index in [1.807, 2.05) is 30.3 Å². The van der Waals surface area contributed by atoms with Crippen LogP contribution in [0.4, 0.5) is 0 Å². The van der Waals surface area contributed by atoms with E-state index in [4.69, 9.17) is 13.8 Å². The first-order chi connectivity index (χ1) is 25.3. The summed E-state index contributed by atoms with van der Waals surface area (Å²) in [5, 5.41) is 14.3. The number of para-hydroxylation sites is 3. The first-order valence-electron chi connectivity index (χ1n) is 17.3. The van der Waals surface area contributed by atoms with Crippen molar-refractivity contribution in [1.82, 2.24) is 15.2 Å². The zero-order valence-electron chi connectivity index (χ0n) is 27.4. The van der Waals surface area contributed by atoms with Crippen molar-refractivity contribution in [2.45, 2.75) is 12.3 Å². The molecule has 0 radical (unpaired) electrons. The molecule has 0 fully saturated rings. The zero-order chi connectivity index (χ0) is 33.5. The van der Waals surface area contributed by atoms with Gasteiger partial charge >= 0.3 is 0 Å². The van der Waals surface area contributed by atoms with E-state index in [1.54, 1.807) is 0 Å². The molecular formula is C45H30N4O2.